The van der Waals surface area contributed by atoms with Gasteiger partial charge in [-0.05, 0) is 36.1 Å². The third-order valence-electron chi connectivity index (χ3n) is 5.53. The number of nitrogens with zero attached hydrogens (tertiary/aromatic N) is 1. The Hall–Kier alpha value is -3.49. The largest absolute Gasteiger partial charge is 0.435 e. The summed E-state index contributed by atoms with van der Waals surface area (Å²) in [7, 11) is 0. The van der Waals surface area contributed by atoms with E-state index < -0.39 is 30.0 Å². The quantitative estimate of drug-likeness (QED) is 0.503. The van der Waals surface area contributed by atoms with E-state index in [0.29, 0.717) is 18.4 Å². The number of imide groups is 1. The Bertz CT molecular complexity index is 969. The predicted molar refractivity (Wildman–Crippen MR) is 118 cm³/mol. The van der Waals surface area contributed by atoms with Crippen molar-refractivity contribution in [3.05, 3.63) is 65.7 Å². The normalized spacial score (nSPS) is 17.9. The highest BCUT2D eigenvalue weighted by Crippen LogP contribution is 2.34. The standard InChI is InChI=1S/C24H27F2N3O4/c1-2-3-14-24(18-7-5-4-6-8-18)21(31)29(23(32)28-24)16-20(30)27-15-13-17-9-11-19(12-10-17)33-22(25)26/h4-12,22H,2-3,13-16H2,1H3,(H,27,30)(H,28,32). The molecule has 1 atom stereocenters. The maximum absolute atomic E-state index is 13.3. The van der Waals surface area contributed by atoms with E-state index >= 15 is 0 Å². The molecule has 176 valence electrons. The fourth-order valence-electron chi connectivity index (χ4n) is 3.83. The van der Waals surface area contributed by atoms with E-state index in [0.717, 1.165) is 23.3 Å². The zero-order valence-electron chi connectivity index (χ0n) is 18.4. The van der Waals surface area contributed by atoms with Crippen molar-refractivity contribution in [2.45, 2.75) is 44.8 Å². The molecule has 0 saturated carbocycles. The molecule has 1 heterocycles. The van der Waals surface area contributed by atoms with Gasteiger partial charge in [-0.2, -0.15) is 8.78 Å². The van der Waals surface area contributed by atoms with E-state index in [1.807, 2.05) is 25.1 Å². The van der Waals surface area contributed by atoms with Crippen LogP contribution in [-0.2, 0) is 21.5 Å². The summed E-state index contributed by atoms with van der Waals surface area (Å²) in [6.07, 6.45) is 2.49. The summed E-state index contributed by atoms with van der Waals surface area (Å²) in [6.45, 7) is -1.00. The molecule has 0 aromatic heterocycles. The maximum atomic E-state index is 13.3. The van der Waals surface area contributed by atoms with E-state index in [9.17, 15) is 23.2 Å². The van der Waals surface area contributed by atoms with E-state index in [4.69, 9.17) is 0 Å². The monoisotopic (exact) mass is 459 g/mol. The highest BCUT2D eigenvalue weighted by atomic mass is 19.3. The molecule has 1 aliphatic heterocycles. The SMILES string of the molecule is CCCCC1(c2ccccc2)NC(=O)N(CC(=O)NCCc2ccc(OC(F)F)cc2)C1=O. The van der Waals surface area contributed by atoms with Gasteiger partial charge in [0.15, 0.2) is 0 Å². The molecule has 33 heavy (non-hydrogen) atoms. The van der Waals surface area contributed by atoms with Crippen molar-refractivity contribution >= 4 is 17.8 Å². The molecule has 1 saturated heterocycles. The van der Waals surface area contributed by atoms with Crippen LogP contribution >= 0.6 is 0 Å². The molecule has 0 radical (unpaired) electrons. The van der Waals surface area contributed by atoms with Gasteiger partial charge < -0.3 is 15.4 Å². The number of carbonyl (C=O) groups excluding carboxylic acids is 3. The smallest absolute Gasteiger partial charge is 0.387 e. The first-order valence-electron chi connectivity index (χ1n) is 10.9. The van der Waals surface area contributed by atoms with E-state index in [-0.39, 0.29) is 18.8 Å². The van der Waals surface area contributed by atoms with Crippen molar-refractivity contribution in [2.75, 3.05) is 13.1 Å². The van der Waals surface area contributed by atoms with Crippen LogP contribution in [0.25, 0.3) is 0 Å². The predicted octanol–water partition coefficient (Wildman–Crippen LogP) is 3.58. The number of rotatable bonds is 11. The van der Waals surface area contributed by atoms with Crippen molar-refractivity contribution in [1.82, 2.24) is 15.5 Å². The number of ether oxygens (including phenoxy) is 1. The zero-order valence-corrected chi connectivity index (χ0v) is 18.4. The molecule has 4 amide bonds. The minimum atomic E-state index is -2.89. The molecule has 0 spiro atoms. The van der Waals surface area contributed by atoms with Gasteiger partial charge in [-0.3, -0.25) is 14.5 Å². The Labute approximate surface area is 191 Å². The summed E-state index contributed by atoms with van der Waals surface area (Å²) in [5.41, 5.74) is 0.338. The second kappa shape index (κ2) is 10.9. The third-order valence-corrected chi connectivity index (χ3v) is 5.53. The van der Waals surface area contributed by atoms with Crippen LogP contribution in [0.2, 0.25) is 0 Å². The molecule has 1 unspecified atom stereocenters. The van der Waals surface area contributed by atoms with Crippen LogP contribution in [0.15, 0.2) is 54.6 Å². The van der Waals surface area contributed by atoms with Gasteiger partial charge in [0.05, 0.1) is 0 Å². The molecule has 0 bridgehead atoms. The first kappa shape index (κ1) is 24.2. The van der Waals surface area contributed by atoms with Gasteiger partial charge in [-0.1, -0.05) is 62.2 Å². The van der Waals surface area contributed by atoms with E-state index in [1.165, 1.54) is 12.1 Å². The number of halogens is 2. The molecular formula is C24H27F2N3O4. The fraction of sp³-hybridized carbons (Fsp3) is 0.375. The molecule has 3 rings (SSSR count). The summed E-state index contributed by atoms with van der Waals surface area (Å²) < 4.78 is 28.7. The van der Waals surface area contributed by atoms with Crippen LogP contribution in [-0.4, -0.2) is 42.4 Å². The first-order chi connectivity index (χ1) is 15.9. The second-order valence-corrected chi connectivity index (χ2v) is 7.82. The molecule has 0 aliphatic carbocycles. The Morgan fingerprint density at radius 1 is 1.12 bits per heavy atom. The summed E-state index contributed by atoms with van der Waals surface area (Å²) in [5.74, 6) is -0.839. The van der Waals surface area contributed by atoms with Crippen LogP contribution in [0.4, 0.5) is 13.6 Å². The third kappa shape index (κ3) is 5.85. The first-order valence-corrected chi connectivity index (χ1v) is 10.9. The number of nitrogens with one attached hydrogen (secondary N) is 2. The lowest BCUT2D eigenvalue weighted by atomic mass is 9.85. The fourth-order valence-corrected chi connectivity index (χ4v) is 3.83. The molecule has 2 N–H and O–H groups in total. The summed E-state index contributed by atoms with van der Waals surface area (Å²) >= 11 is 0. The average molecular weight is 459 g/mol. The second-order valence-electron chi connectivity index (χ2n) is 7.82. The van der Waals surface area contributed by atoms with Crippen LogP contribution in [0.3, 0.4) is 0 Å². The molecular weight excluding hydrogens is 432 g/mol. The molecule has 2 aromatic rings. The maximum Gasteiger partial charge on any atom is 0.387 e. The molecule has 7 nitrogen and oxygen atoms in total. The van der Waals surface area contributed by atoms with Crippen LogP contribution in [0, 0.1) is 0 Å². The number of benzene rings is 2. The van der Waals surface area contributed by atoms with Crippen molar-refractivity contribution in [1.29, 1.82) is 0 Å². The number of unbranched alkanes of at least 4 members (excludes halogenated alkanes) is 1. The topological polar surface area (TPSA) is 87.7 Å². The Balaban J connectivity index is 1.58. The Morgan fingerprint density at radius 2 is 1.82 bits per heavy atom. The lowest BCUT2D eigenvalue weighted by Crippen LogP contribution is -2.45. The van der Waals surface area contributed by atoms with Gasteiger partial charge in [-0.15, -0.1) is 0 Å². The summed E-state index contributed by atoms with van der Waals surface area (Å²) in [5, 5.41) is 5.51. The Morgan fingerprint density at radius 3 is 2.45 bits per heavy atom. The lowest BCUT2D eigenvalue weighted by molar-refractivity contribution is -0.135. The number of hydrogen-bond donors (Lipinski definition) is 2. The summed E-state index contributed by atoms with van der Waals surface area (Å²) in [6, 6.07) is 14.6. The van der Waals surface area contributed by atoms with Gasteiger partial charge in [0.25, 0.3) is 5.91 Å². The van der Waals surface area contributed by atoms with Crippen molar-refractivity contribution in [3.8, 4) is 5.75 Å². The van der Waals surface area contributed by atoms with E-state index in [2.05, 4.69) is 15.4 Å². The Kier molecular flexibility index (Phi) is 7.97. The van der Waals surface area contributed by atoms with Gasteiger partial charge in [0.2, 0.25) is 5.91 Å². The molecule has 2 aromatic carbocycles. The zero-order chi connectivity index (χ0) is 23.8. The number of hydrogen-bond acceptors (Lipinski definition) is 4. The van der Waals surface area contributed by atoms with Gasteiger partial charge in [-0.25, -0.2) is 4.79 Å². The van der Waals surface area contributed by atoms with Crippen molar-refractivity contribution in [2.24, 2.45) is 0 Å². The highest BCUT2D eigenvalue weighted by molar-refractivity contribution is 6.09. The average Bonchev–Trinajstić information content (AvgIpc) is 3.04. The van der Waals surface area contributed by atoms with Crippen LogP contribution in [0.1, 0.15) is 37.3 Å². The number of amides is 4. The molecule has 1 fully saturated rings. The highest BCUT2D eigenvalue weighted by Gasteiger charge is 2.52. The van der Waals surface area contributed by atoms with Gasteiger partial charge in [0, 0.05) is 6.54 Å². The lowest BCUT2D eigenvalue weighted by Gasteiger charge is -2.27. The number of urea groups is 1. The van der Waals surface area contributed by atoms with Gasteiger partial charge in [0.1, 0.15) is 17.8 Å². The van der Waals surface area contributed by atoms with E-state index in [1.54, 1.807) is 24.3 Å². The molecule has 9 heteroatoms. The number of alkyl halides is 2. The van der Waals surface area contributed by atoms with Crippen LogP contribution < -0.4 is 15.4 Å². The van der Waals surface area contributed by atoms with Crippen LogP contribution in [0.5, 0.6) is 5.75 Å². The minimum Gasteiger partial charge on any atom is -0.435 e. The van der Waals surface area contributed by atoms with Crippen molar-refractivity contribution < 1.29 is 27.9 Å². The van der Waals surface area contributed by atoms with Crippen molar-refractivity contribution in [3.63, 3.8) is 0 Å². The molecule has 1 aliphatic rings. The minimum absolute atomic E-state index is 0.0568. The number of carbonyl (C=O) groups is 3. The van der Waals surface area contributed by atoms with Gasteiger partial charge >= 0.3 is 12.6 Å². The summed E-state index contributed by atoms with van der Waals surface area (Å²) in [4.78, 5) is 39.3.